The van der Waals surface area contributed by atoms with Gasteiger partial charge in [0.1, 0.15) is 0 Å². The summed E-state index contributed by atoms with van der Waals surface area (Å²) < 4.78 is 0. The average Bonchev–Trinajstić information content (AvgIpc) is 2.95. The van der Waals surface area contributed by atoms with Crippen molar-refractivity contribution in [3.63, 3.8) is 0 Å². The molecule has 112 valence electrons. The number of benzene rings is 1. The number of anilines is 1. The molecule has 3 rings (SSSR count). The zero-order valence-corrected chi connectivity index (χ0v) is 13.3. The highest BCUT2D eigenvalue weighted by atomic mass is 15.2. The summed E-state index contributed by atoms with van der Waals surface area (Å²) in [5.41, 5.74) is 9.84. The Kier molecular flexibility index (Phi) is 3.62. The van der Waals surface area contributed by atoms with Crippen molar-refractivity contribution in [3.8, 4) is 0 Å². The third-order valence-electron chi connectivity index (χ3n) is 4.77. The summed E-state index contributed by atoms with van der Waals surface area (Å²) in [5.74, 6) is 0.732. The van der Waals surface area contributed by atoms with Crippen LogP contribution in [0.2, 0.25) is 0 Å². The van der Waals surface area contributed by atoms with Crippen LogP contribution in [0.15, 0.2) is 30.5 Å². The fourth-order valence-electron chi connectivity index (χ4n) is 3.36. The van der Waals surface area contributed by atoms with Crippen LogP contribution in [0.4, 0.5) is 5.69 Å². The molecule has 1 saturated heterocycles. The van der Waals surface area contributed by atoms with Gasteiger partial charge in [-0.15, -0.1) is 0 Å². The van der Waals surface area contributed by atoms with E-state index in [-0.39, 0.29) is 0 Å². The lowest BCUT2D eigenvalue weighted by Gasteiger charge is -2.28. The Balaban J connectivity index is 2.04. The lowest BCUT2D eigenvalue weighted by atomic mass is 9.80. The van der Waals surface area contributed by atoms with Crippen molar-refractivity contribution < 1.29 is 0 Å². The van der Waals surface area contributed by atoms with Gasteiger partial charge in [-0.1, -0.05) is 39.0 Å². The van der Waals surface area contributed by atoms with Crippen LogP contribution in [0.5, 0.6) is 0 Å². The van der Waals surface area contributed by atoms with E-state index in [2.05, 4.69) is 48.9 Å². The quantitative estimate of drug-likeness (QED) is 0.916. The highest BCUT2D eigenvalue weighted by molar-refractivity contribution is 5.93. The first-order valence-corrected chi connectivity index (χ1v) is 7.82. The molecule has 0 bridgehead atoms. The van der Waals surface area contributed by atoms with Crippen LogP contribution < -0.4 is 10.6 Å². The van der Waals surface area contributed by atoms with Crippen LogP contribution in [-0.4, -0.2) is 18.1 Å². The number of rotatable bonds is 2. The van der Waals surface area contributed by atoms with Crippen LogP contribution in [0, 0.1) is 11.3 Å². The Morgan fingerprint density at radius 2 is 2.05 bits per heavy atom. The fourth-order valence-corrected chi connectivity index (χ4v) is 3.36. The maximum atomic E-state index is 5.96. The minimum Gasteiger partial charge on any atom is -0.370 e. The third kappa shape index (κ3) is 2.62. The molecule has 1 aliphatic heterocycles. The second kappa shape index (κ2) is 5.30. The minimum absolute atomic E-state index is 0.362. The first kappa shape index (κ1) is 14.3. The van der Waals surface area contributed by atoms with E-state index in [0.717, 1.165) is 30.1 Å². The zero-order chi connectivity index (χ0) is 15.0. The predicted octanol–water partition coefficient (Wildman–Crippen LogP) is 3.57. The van der Waals surface area contributed by atoms with Crippen LogP contribution in [0.25, 0.3) is 10.9 Å². The minimum atomic E-state index is 0.362. The van der Waals surface area contributed by atoms with E-state index in [0.29, 0.717) is 12.0 Å². The van der Waals surface area contributed by atoms with Crippen LogP contribution in [0.1, 0.15) is 32.8 Å². The average molecular weight is 283 g/mol. The largest absolute Gasteiger partial charge is 0.370 e. The Hall–Kier alpha value is -1.61. The molecule has 0 amide bonds. The molecule has 3 nitrogen and oxygen atoms in total. The molecule has 1 aromatic carbocycles. The van der Waals surface area contributed by atoms with Gasteiger partial charge in [-0.25, -0.2) is 0 Å². The first-order valence-electron chi connectivity index (χ1n) is 7.82. The van der Waals surface area contributed by atoms with Gasteiger partial charge in [0.15, 0.2) is 0 Å². The van der Waals surface area contributed by atoms with Gasteiger partial charge in [0.05, 0.1) is 11.2 Å². The van der Waals surface area contributed by atoms with Crippen molar-refractivity contribution in [2.24, 2.45) is 17.1 Å². The molecular weight excluding hydrogens is 258 g/mol. The van der Waals surface area contributed by atoms with E-state index in [1.807, 2.05) is 12.3 Å². The standard InChI is InChI=1S/C18H25N3/c1-18(2,3)14-8-9-21(12-14)17-13(10-19)11-20-16-7-5-4-6-15(16)17/h4-7,11,14H,8-10,12,19H2,1-3H3. The SMILES string of the molecule is CC(C)(C)C1CCN(c2c(CN)cnc3ccccc23)C1. The molecule has 1 unspecified atom stereocenters. The number of hydrogen-bond donors (Lipinski definition) is 1. The number of pyridine rings is 1. The van der Waals surface area contributed by atoms with Gasteiger partial charge < -0.3 is 10.6 Å². The number of nitrogens with two attached hydrogens (primary N) is 1. The van der Waals surface area contributed by atoms with Crippen molar-refractivity contribution in [3.05, 3.63) is 36.0 Å². The van der Waals surface area contributed by atoms with Crippen LogP contribution in [0.3, 0.4) is 0 Å². The van der Waals surface area contributed by atoms with E-state index in [1.54, 1.807) is 0 Å². The lowest BCUT2D eigenvalue weighted by molar-refractivity contribution is 0.263. The molecule has 0 radical (unpaired) electrons. The summed E-state index contributed by atoms with van der Waals surface area (Å²) in [6.07, 6.45) is 3.20. The molecule has 1 atom stereocenters. The van der Waals surface area contributed by atoms with Crippen molar-refractivity contribution in [1.29, 1.82) is 0 Å². The number of nitrogens with zero attached hydrogens (tertiary/aromatic N) is 2. The van der Waals surface area contributed by atoms with Crippen LogP contribution >= 0.6 is 0 Å². The predicted molar refractivity (Wildman–Crippen MR) is 89.4 cm³/mol. The maximum absolute atomic E-state index is 5.96. The van der Waals surface area contributed by atoms with Gasteiger partial charge in [-0.3, -0.25) is 4.98 Å². The number of hydrogen-bond acceptors (Lipinski definition) is 3. The van der Waals surface area contributed by atoms with Crippen molar-refractivity contribution >= 4 is 16.6 Å². The molecule has 21 heavy (non-hydrogen) atoms. The second-order valence-corrected chi connectivity index (χ2v) is 7.15. The normalized spacial score (nSPS) is 19.4. The molecule has 1 aromatic heterocycles. The maximum Gasteiger partial charge on any atom is 0.0723 e. The Bertz CT molecular complexity index is 642. The van der Waals surface area contributed by atoms with E-state index in [9.17, 15) is 0 Å². The van der Waals surface area contributed by atoms with Crippen LogP contribution in [-0.2, 0) is 6.54 Å². The summed E-state index contributed by atoms with van der Waals surface area (Å²) in [6.45, 7) is 9.80. The Labute approximate surface area is 127 Å². The number of aromatic nitrogens is 1. The molecule has 2 aromatic rings. The first-order chi connectivity index (χ1) is 10.0. The molecule has 2 N–H and O–H groups in total. The summed E-state index contributed by atoms with van der Waals surface area (Å²) >= 11 is 0. The highest BCUT2D eigenvalue weighted by Gasteiger charge is 2.33. The summed E-state index contributed by atoms with van der Waals surface area (Å²) in [6, 6.07) is 8.38. The topological polar surface area (TPSA) is 42.1 Å². The highest BCUT2D eigenvalue weighted by Crippen LogP contribution is 2.38. The lowest BCUT2D eigenvalue weighted by Crippen LogP contribution is -2.27. The molecule has 1 fully saturated rings. The summed E-state index contributed by atoms with van der Waals surface area (Å²) in [7, 11) is 0. The summed E-state index contributed by atoms with van der Waals surface area (Å²) in [5, 5.41) is 1.23. The molecule has 3 heteroatoms. The Morgan fingerprint density at radius 1 is 1.29 bits per heavy atom. The number of para-hydroxylation sites is 1. The van der Waals surface area contributed by atoms with E-state index in [4.69, 9.17) is 5.73 Å². The van der Waals surface area contributed by atoms with E-state index < -0.39 is 0 Å². The monoisotopic (exact) mass is 283 g/mol. The molecule has 0 aliphatic carbocycles. The zero-order valence-electron chi connectivity index (χ0n) is 13.3. The molecule has 0 saturated carbocycles. The fraction of sp³-hybridized carbons (Fsp3) is 0.500. The van der Waals surface area contributed by atoms with Gasteiger partial charge >= 0.3 is 0 Å². The van der Waals surface area contributed by atoms with Gasteiger partial charge in [-0.05, 0) is 23.8 Å². The molecule has 0 spiro atoms. The molecule has 1 aliphatic rings. The van der Waals surface area contributed by atoms with E-state index >= 15 is 0 Å². The van der Waals surface area contributed by atoms with Gasteiger partial charge in [0, 0.05) is 36.8 Å². The third-order valence-corrected chi connectivity index (χ3v) is 4.77. The van der Waals surface area contributed by atoms with Crippen molar-refractivity contribution in [2.75, 3.05) is 18.0 Å². The van der Waals surface area contributed by atoms with Gasteiger partial charge in [0.2, 0.25) is 0 Å². The van der Waals surface area contributed by atoms with Gasteiger partial charge in [-0.2, -0.15) is 0 Å². The van der Waals surface area contributed by atoms with Gasteiger partial charge in [0.25, 0.3) is 0 Å². The summed E-state index contributed by atoms with van der Waals surface area (Å²) in [4.78, 5) is 7.06. The Morgan fingerprint density at radius 3 is 2.71 bits per heavy atom. The molecular formula is C18H25N3. The smallest absolute Gasteiger partial charge is 0.0723 e. The van der Waals surface area contributed by atoms with E-state index in [1.165, 1.54) is 17.5 Å². The van der Waals surface area contributed by atoms with Crippen molar-refractivity contribution in [1.82, 2.24) is 4.98 Å². The second-order valence-electron chi connectivity index (χ2n) is 7.15. The molecule has 2 heterocycles. The number of fused-ring (bicyclic) bond motifs is 1. The van der Waals surface area contributed by atoms with Crippen molar-refractivity contribution in [2.45, 2.75) is 33.7 Å².